The number of hydrogen-bond acceptors (Lipinski definition) is 1. The monoisotopic (exact) mass is 269 g/mol. The minimum atomic E-state index is 0.568. The molecule has 3 nitrogen and oxygen atoms in total. The molecule has 2 fully saturated rings. The van der Waals surface area contributed by atoms with Gasteiger partial charge < -0.3 is 11.1 Å². The van der Waals surface area contributed by atoms with Gasteiger partial charge in [0.2, 0.25) is 0 Å². The van der Waals surface area contributed by atoms with Gasteiger partial charge in [0, 0.05) is 12.6 Å². The molecule has 3 unspecified atom stereocenters. The predicted octanol–water partition coefficient (Wildman–Crippen LogP) is 2.42. The maximum absolute atomic E-state index is 6.01. The van der Waals surface area contributed by atoms with Gasteiger partial charge in [-0.2, -0.15) is 0 Å². The van der Waals surface area contributed by atoms with Crippen LogP contribution in [0.3, 0.4) is 0 Å². The van der Waals surface area contributed by atoms with Crippen LogP contribution in [0, 0.1) is 11.8 Å². The van der Waals surface area contributed by atoms with Gasteiger partial charge >= 0.3 is 0 Å². The van der Waals surface area contributed by atoms with E-state index in [-0.39, 0.29) is 0 Å². The van der Waals surface area contributed by atoms with E-state index in [9.17, 15) is 0 Å². The fourth-order valence-corrected chi connectivity index (χ4v) is 4.26. The van der Waals surface area contributed by atoms with E-state index in [4.69, 9.17) is 5.73 Å². The molecule has 3 aliphatic carbocycles. The minimum absolute atomic E-state index is 0.568. The highest BCUT2D eigenvalue weighted by molar-refractivity contribution is 5.78. The first-order valence-electron chi connectivity index (χ1n) is 7.97. The Morgan fingerprint density at radius 2 is 2.05 bits per heavy atom. The largest absolute Gasteiger partial charge is 0.370 e. The van der Waals surface area contributed by atoms with Gasteiger partial charge in [0.05, 0.1) is 0 Å². The van der Waals surface area contributed by atoms with E-state index in [1.165, 1.54) is 32.1 Å². The summed E-state index contributed by atoms with van der Waals surface area (Å²) in [7, 11) is 0. The van der Waals surface area contributed by atoms with Crippen molar-refractivity contribution in [1.82, 2.24) is 5.32 Å². The number of aliphatic imine (C=N–C) groups is 1. The van der Waals surface area contributed by atoms with Crippen LogP contribution in [0.15, 0.2) is 29.3 Å². The number of nitrogens with two attached hydrogens (primary N) is 1. The number of nitrogens with one attached hydrogen (secondary N) is 1. The van der Waals surface area contributed by atoms with Gasteiger partial charge in [0.15, 0.2) is 5.96 Å². The van der Waals surface area contributed by atoms with Crippen molar-refractivity contribution in [2.45, 2.75) is 44.1 Å². The summed E-state index contributed by atoms with van der Waals surface area (Å²) in [5.74, 6) is 2.98. The molecule has 0 spiro atoms. The molecule has 0 heterocycles. The highest BCUT2D eigenvalue weighted by Crippen LogP contribution is 2.61. The zero-order valence-corrected chi connectivity index (χ0v) is 11.9. The first kappa shape index (κ1) is 12.2. The Morgan fingerprint density at radius 3 is 2.90 bits per heavy atom. The van der Waals surface area contributed by atoms with Crippen LogP contribution >= 0.6 is 0 Å². The third-order valence-electron chi connectivity index (χ3n) is 5.38. The molecule has 1 aromatic rings. The minimum Gasteiger partial charge on any atom is -0.370 e. The summed E-state index contributed by atoms with van der Waals surface area (Å²) in [5.41, 5.74) is 9.14. The second-order valence-electron chi connectivity index (χ2n) is 6.61. The molecule has 20 heavy (non-hydrogen) atoms. The molecule has 3 heteroatoms. The van der Waals surface area contributed by atoms with Gasteiger partial charge in [-0.15, -0.1) is 0 Å². The Hall–Kier alpha value is -1.51. The first-order chi connectivity index (χ1) is 9.83. The number of rotatable bonds is 3. The molecule has 3 aliphatic rings. The third kappa shape index (κ3) is 2.09. The average Bonchev–Trinajstić information content (AvgIpc) is 2.83. The van der Waals surface area contributed by atoms with Crippen molar-refractivity contribution < 1.29 is 0 Å². The Balaban J connectivity index is 1.34. The van der Waals surface area contributed by atoms with Crippen LogP contribution in [0.1, 0.15) is 42.7 Å². The van der Waals surface area contributed by atoms with Crippen LogP contribution in [0.4, 0.5) is 0 Å². The van der Waals surface area contributed by atoms with Crippen molar-refractivity contribution >= 4 is 5.96 Å². The quantitative estimate of drug-likeness (QED) is 0.654. The van der Waals surface area contributed by atoms with Gasteiger partial charge in [0.1, 0.15) is 0 Å². The van der Waals surface area contributed by atoms with Gasteiger partial charge in [-0.05, 0) is 48.1 Å². The molecule has 0 radical (unpaired) electrons. The van der Waals surface area contributed by atoms with Gasteiger partial charge in [-0.25, -0.2) is 0 Å². The number of nitrogens with zero attached hydrogens (tertiary/aromatic N) is 1. The summed E-state index contributed by atoms with van der Waals surface area (Å²) in [6.07, 6.45) is 6.40. The highest BCUT2D eigenvalue weighted by atomic mass is 15.1. The number of fused-ring (bicyclic) bond motifs is 3. The van der Waals surface area contributed by atoms with Gasteiger partial charge in [-0.1, -0.05) is 37.1 Å². The van der Waals surface area contributed by atoms with Crippen LogP contribution in [-0.4, -0.2) is 18.5 Å². The summed E-state index contributed by atoms with van der Waals surface area (Å²) in [6.45, 7) is 0.898. The Morgan fingerprint density at radius 1 is 1.25 bits per heavy atom. The molecule has 3 N–H and O–H groups in total. The van der Waals surface area contributed by atoms with Crippen molar-refractivity contribution in [3.05, 3.63) is 35.4 Å². The Labute approximate surface area is 120 Å². The van der Waals surface area contributed by atoms with E-state index < -0.39 is 0 Å². The van der Waals surface area contributed by atoms with Crippen LogP contribution in [0.25, 0.3) is 0 Å². The molecule has 1 aromatic carbocycles. The standard InChI is InChI=1S/C17H23N3/c18-17(20-12-6-2-3-7-12)19-10-15-14-9-11-5-1-4-8-13(11)16(14)15/h1,4-5,8,12,14-16H,2-3,6-7,9-10H2,(H3,18,19,20). The van der Waals surface area contributed by atoms with Crippen LogP contribution in [0.2, 0.25) is 0 Å². The van der Waals surface area contributed by atoms with E-state index in [2.05, 4.69) is 34.6 Å². The normalized spacial score (nSPS) is 32.0. The molecule has 0 saturated heterocycles. The number of hydrogen-bond donors (Lipinski definition) is 2. The van der Waals surface area contributed by atoms with Crippen molar-refractivity contribution in [3.8, 4) is 0 Å². The molecule has 0 aromatic heterocycles. The highest BCUT2D eigenvalue weighted by Gasteiger charge is 2.54. The third-order valence-corrected chi connectivity index (χ3v) is 5.38. The molecule has 0 bridgehead atoms. The van der Waals surface area contributed by atoms with Crippen molar-refractivity contribution in [1.29, 1.82) is 0 Å². The predicted molar refractivity (Wildman–Crippen MR) is 81.7 cm³/mol. The molecule has 3 atom stereocenters. The summed E-state index contributed by atoms with van der Waals surface area (Å²) in [5, 5.41) is 3.37. The van der Waals surface area contributed by atoms with E-state index in [0.29, 0.717) is 12.0 Å². The smallest absolute Gasteiger partial charge is 0.188 e. The van der Waals surface area contributed by atoms with Crippen molar-refractivity contribution in [2.75, 3.05) is 6.54 Å². The molecule has 0 amide bonds. The summed E-state index contributed by atoms with van der Waals surface area (Å²) < 4.78 is 0. The molecule has 106 valence electrons. The lowest BCUT2D eigenvalue weighted by molar-refractivity contribution is 0.621. The summed E-state index contributed by atoms with van der Waals surface area (Å²) in [4.78, 5) is 4.59. The molecular formula is C17H23N3. The van der Waals surface area contributed by atoms with Gasteiger partial charge in [0.25, 0.3) is 0 Å². The fraction of sp³-hybridized carbons (Fsp3) is 0.588. The fourth-order valence-electron chi connectivity index (χ4n) is 4.26. The molecule has 0 aliphatic heterocycles. The van der Waals surface area contributed by atoms with Gasteiger partial charge in [-0.3, -0.25) is 4.99 Å². The second kappa shape index (κ2) is 4.80. The zero-order chi connectivity index (χ0) is 13.5. The lowest BCUT2D eigenvalue weighted by atomic mass is 10.0. The number of guanidine groups is 1. The average molecular weight is 269 g/mol. The molecular weight excluding hydrogens is 246 g/mol. The lowest BCUT2D eigenvalue weighted by Gasteiger charge is -2.12. The van der Waals surface area contributed by atoms with Crippen LogP contribution < -0.4 is 11.1 Å². The second-order valence-corrected chi connectivity index (χ2v) is 6.61. The Kier molecular flexibility index (Phi) is 2.94. The van der Waals surface area contributed by atoms with Crippen molar-refractivity contribution in [3.63, 3.8) is 0 Å². The van der Waals surface area contributed by atoms with Crippen molar-refractivity contribution in [2.24, 2.45) is 22.6 Å². The first-order valence-corrected chi connectivity index (χ1v) is 7.97. The Bertz CT molecular complexity index is 531. The maximum atomic E-state index is 6.01. The lowest BCUT2D eigenvalue weighted by Crippen LogP contribution is -2.38. The number of benzene rings is 1. The zero-order valence-electron chi connectivity index (χ0n) is 11.9. The van der Waals surface area contributed by atoms with E-state index in [0.717, 1.165) is 24.3 Å². The van der Waals surface area contributed by atoms with E-state index in [1.54, 1.807) is 11.1 Å². The van der Waals surface area contributed by atoms with Crippen LogP contribution in [-0.2, 0) is 6.42 Å². The summed E-state index contributed by atoms with van der Waals surface area (Å²) >= 11 is 0. The molecule has 2 saturated carbocycles. The maximum Gasteiger partial charge on any atom is 0.188 e. The molecule has 4 rings (SSSR count). The van der Waals surface area contributed by atoms with Crippen LogP contribution in [0.5, 0.6) is 0 Å². The SMILES string of the molecule is NC(=NCC1C2Cc3ccccc3C12)NC1CCCC1. The van der Waals surface area contributed by atoms with E-state index in [1.807, 2.05) is 0 Å². The summed E-state index contributed by atoms with van der Waals surface area (Å²) in [6, 6.07) is 9.45. The topological polar surface area (TPSA) is 50.4 Å². The van der Waals surface area contributed by atoms with E-state index >= 15 is 0 Å².